The van der Waals surface area contributed by atoms with Crippen LogP contribution in [0.2, 0.25) is 0 Å². The van der Waals surface area contributed by atoms with Crippen molar-refractivity contribution in [1.82, 2.24) is 15.0 Å². The number of nitrogens with zero attached hydrogens (tertiary/aromatic N) is 4. The molecule has 0 fully saturated rings. The van der Waals surface area contributed by atoms with E-state index < -0.39 is 0 Å². The van der Waals surface area contributed by atoms with E-state index in [-0.39, 0.29) is 0 Å². The molecule has 0 spiro atoms. The average Bonchev–Trinajstić information content (AvgIpc) is 3.05. The Morgan fingerprint density at radius 1 is 0.870 bits per heavy atom. The van der Waals surface area contributed by atoms with Gasteiger partial charge in [-0.05, 0) is 40.6 Å². The molecule has 4 nitrogen and oxygen atoms in total. The summed E-state index contributed by atoms with van der Waals surface area (Å²) in [6.07, 6.45) is 5.82. The molecule has 23 heavy (non-hydrogen) atoms. The molecule has 118 valence electrons. The lowest BCUT2D eigenvalue weighted by molar-refractivity contribution is -0.735. The SMILES string of the molecule is CCCCCCc1nn(-c2ccccc2)[n+](-c2ccccc2)n1. The zero-order valence-corrected chi connectivity index (χ0v) is 13.6. The third kappa shape index (κ3) is 3.83. The molecule has 0 saturated heterocycles. The lowest BCUT2D eigenvalue weighted by atomic mass is 10.1. The molecule has 0 unspecified atom stereocenters. The van der Waals surface area contributed by atoms with E-state index in [1.807, 2.05) is 46.0 Å². The zero-order valence-electron chi connectivity index (χ0n) is 13.6. The number of unbranched alkanes of at least 4 members (excludes halogenated alkanes) is 3. The van der Waals surface area contributed by atoms with Crippen LogP contribution in [0.4, 0.5) is 0 Å². The first-order valence-corrected chi connectivity index (χ1v) is 8.38. The maximum absolute atomic E-state index is 4.72. The lowest BCUT2D eigenvalue weighted by Crippen LogP contribution is -2.43. The van der Waals surface area contributed by atoms with Gasteiger partial charge in [0, 0.05) is 11.2 Å². The fraction of sp³-hybridized carbons (Fsp3) is 0.316. The van der Waals surface area contributed by atoms with Gasteiger partial charge in [-0.3, -0.25) is 0 Å². The molecule has 0 N–H and O–H groups in total. The van der Waals surface area contributed by atoms with E-state index >= 15 is 0 Å². The Morgan fingerprint density at radius 3 is 2.26 bits per heavy atom. The van der Waals surface area contributed by atoms with Crippen molar-refractivity contribution in [3.05, 3.63) is 66.5 Å². The second kappa shape index (κ2) is 7.68. The van der Waals surface area contributed by atoms with Crippen molar-refractivity contribution < 1.29 is 4.80 Å². The summed E-state index contributed by atoms with van der Waals surface area (Å²) in [5, 5.41) is 9.45. The summed E-state index contributed by atoms with van der Waals surface area (Å²) in [5.41, 5.74) is 2.03. The maximum Gasteiger partial charge on any atom is 0.309 e. The van der Waals surface area contributed by atoms with Crippen molar-refractivity contribution in [2.45, 2.75) is 39.0 Å². The van der Waals surface area contributed by atoms with Gasteiger partial charge >= 0.3 is 5.82 Å². The number of aryl methyl sites for hydroxylation is 1. The van der Waals surface area contributed by atoms with Crippen LogP contribution in [0.3, 0.4) is 0 Å². The van der Waals surface area contributed by atoms with Crippen LogP contribution in [-0.4, -0.2) is 15.0 Å². The van der Waals surface area contributed by atoms with Gasteiger partial charge in [-0.1, -0.05) is 62.6 Å². The van der Waals surface area contributed by atoms with Gasteiger partial charge in [0.05, 0.1) is 5.10 Å². The first kappa shape index (κ1) is 15.4. The summed E-state index contributed by atoms with van der Waals surface area (Å²) in [4.78, 5) is 3.76. The molecule has 0 radical (unpaired) electrons. The molecule has 1 aromatic heterocycles. The highest BCUT2D eigenvalue weighted by Crippen LogP contribution is 2.08. The molecule has 2 aromatic carbocycles. The molecule has 0 aliphatic rings. The number of para-hydroxylation sites is 2. The van der Waals surface area contributed by atoms with E-state index in [1.165, 1.54) is 19.3 Å². The molecular weight excluding hydrogens is 284 g/mol. The van der Waals surface area contributed by atoms with Crippen LogP contribution in [0.15, 0.2) is 60.7 Å². The molecule has 0 saturated carbocycles. The van der Waals surface area contributed by atoms with Crippen molar-refractivity contribution in [2.75, 3.05) is 0 Å². The van der Waals surface area contributed by atoms with Gasteiger partial charge in [0.15, 0.2) is 5.69 Å². The third-order valence-corrected chi connectivity index (χ3v) is 3.83. The minimum absolute atomic E-state index is 0.897. The number of hydrogen-bond donors (Lipinski definition) is 0. The third-order valence-electron chi connectivity index (χ3n) is 3.83. The number of benzene rings is 2. The van der Waals surface area contributed by atoms with Crippen LogP contribution in [0.1, 0.15) is 38.4 Å². The van der Waals surface area contributed by atoms with Crippen LogP contribution >= 0.6 is 0 Å². The highest BCUT2D eigenvalue weighted by Gasteiger charge is 2.21. The molecule has 4 heteroatoms. The molecule has 0 amide bonds. The Balaban J connectivity index is 1.91. The number of aromatic nitrogens is 4. The number of hydrogen-bond acceptors (Lipinski definition) is 2. The van der Waals surface area contributed by atoms with Crippen molar-refractivity contribution in [1.29, 1.82) is 0 Å². The normalized spacial score (nSPS) is 10.8. The quantitative estimate of drug-likeness (QED) is 0.493. The van der Waals surface area contributed by atoms with E-state index in [0.29, 0.717) is 0 Å². The molecule has 1 heterocycles. The van der Waals surface area contributed by atoms with Crippen LogP contribution in [-0.2, 0) is 6.42 Å². The highest BCUT2D eigenvalue weighted by molar-refractivity contribution is 5.28. The minimum Gasteiger partial charge on any atom is -0.0654 e. The first-order valence-electron chi connectivity index (χ1n) is 8.38. The van der Waals surface area contributed by atoms with Gasteiger partial charge < -0.3 is 0 Å². The fourth-order valence-electron chi connectivity index (χ4n) is 2.59. The Hall–Kier alpha value is -2.49. The van der Waals surface area contributed by atoms with Crippen molar-refractivity contribution >= 4 is 0 Å². The summed E-state index contributed by atoms with van der Waals surface area (Å²) in [6, 6.07) is 20.3. The smallest absolute Gasteiger partial charge is 0.0654 e. The summed E-state index contributed by atoms with van der Waals surface area (Å²) < 4.78 is 0. The highest BCUT2D eigenvalue weighted by atomic mass is 15.7. The Kier molecular flexibility index (Phi) is 5.14. The maximum atomic E-state index is 4.72. The van der Waals surface area contributed by atoms with Crippen molar-refractivity contribution in [3.63, 3.8) is 0 Å². The average molecular weight is 307 g/mol. The Morgan fingerprint density at radius 2 is 1.57 bits per heavy atom. The van der Waals surface area contributed by atoms with Crippen molar-refractivity contribution in [2.24, 2.45) is 0 Å². The molecule has 0 aliphatic heterocycles. The van der Waals surface area contributed by atoms with Crippen LogP contribution in [0.25, 0.3) is 11.4 Å². The fourth-order valence-corrected chi connectivity index (χ4v) is 2.59. The molecule has 0 bridgehead atoms. The summed E-state index contributed by atoms with van der Waals surface area (Å²) in [5.74, 6) is 0.897. The van der Waals surface area contributed by atoms with Gasteiger partial charge in [-0.2, -0.15) is 0 Å². The molecule has 0 atom stereocenters. The van der Waals surface area contributed by atoms with Gasteiger partial charge in [-0.25, -0.2) is 0 Å². The van der Waals surface area contributed by atoms with E-state index in [9.17, 15) is 0 Å². The van der Waals surface area contributed by atoms with Gasteiger partial charge in [-0.15, -0.1) is 0 Å². The topological polar surface area (TPSA) is 34.6 Å². The molecule has 3 aromatic rings. The predicted octanol–water partition coefficient (Wildman–Crippen LogP) is 3.67. The lowest BCUT2D eigenvalue weighted by Gasteiger charge is -1.98. The van der Waals surface area contributed by atoms with E-state index in [1.54, 1.807) is 0 Å². The van der Waals surface area contributed by atoms with E-state index in [4.69, 9.17) is 10.2 Å². The zero-order chi connectivity index (χ0) is 15.9. The monoisotopic (exact) mass is 307 g/mol. The Bertz CT molecular complexity index is 663. The molecule has 3 rings (SSSR count). The number of rotatable bonds is 7. The first-order chi connectivity index (χ1) is 11.4. The Labute approximate surface area is 137 Å². The van der Waals surface area contributed by atoms with Gasteiger partial charge in [0.25, 0.3) is 0 Å². The van der Waals surface area contributed by atoms with E-state index in [0.717, 1.165) is 30.0 Å². The van der Waals surface area contributed by atoms with E-state index in [2.05, 4.69) is 31.2 Å². The van der Waals surface area contributed by atoms with Gasteiger partial charge in [0.1, 0.15) is 5.69 Å². The van der Waals surface area contributed by atoms with Crippen LogP contribution in [0.5, 0.6) is 0 Å². The summed E-state index contributed by atoms with van der Waals surface area (Å²) in [7, 11) is 0. The second-order valence-corrected chi connectivity index (χ2v) is 5.68. The van der Waals surface area contributed by atoms with Gasteiger partial charge in [0.2, 0.25) is 0 Å². The summed E-state index contributed by atoms with van der Waals surface area (Å²) in [6.45, 7) is 2.23. The molecule has 0 aliphatic carbocycles. The van der Waals surface area contributed by atoms with Crippen molar-refractivity contribution in [3.8, 4) is 11.4 Å². The van der Waals surface area contributed by atoms with Crippen LogP contribution < -0.4 is 4.80 Å². The standard InChI is InChI=1S/C19H23N4/c1-2-3-4-11-16-19-20-22(17-12-7-5-8-13-17)23(21-19)18-14-9-6-10-15-18/h5-10,12-15H,2-4,11,16H2,1H3/q+1. The molecular formula is C19H23N4+. The number of tetrazole rings is 1. The largest absolute Gasteiger partial charge is 0.309 e. The minimum atomic E-state index is 0.897. The second-order valence-electron chi connectivity index (χ2n) is 5.68. The predicted molar refractivity (Wildman–Crippen MR) is 90.7 cm³/mol. The summed E-state index contributed by atoms with van der Waals surface area (Å²) >= 11 is 0. The van der Waals surface area contributed by atoms with Crippen LogP contribution in [0, 0.1) is 0 Å².